The van der Waals surface area contributed by atoms with E-state index < -0.39 is 60.1 Å². The Morgan fingerprint density at radius 3 is 2.24 bits per heavy atom. The number of nitrogens with one attached hydrogen (secondary N) is 1. The fourth-order valence-corrected chi connectivity index (χ4v) is 7.90. The normalized spacial score (nSPS) is 29.4. The zero-order valence-electron chi connectivity index (χ0n) is 27.7. The number of fused-ring (bicyclic) bond motifs is 2. The second kappa shape index (κ2) is 14.4. The van der Waals surface area contributed by atoms with E-state index in [0.29, 0.717) is 19.4 Å². The van der Waals surface area contributed by atoms with Crippen molar-refractivity contribution < 1.29 is 33.8 Å². The Bertz CT molecular complexity index is 1770. The van der Waals surface area contributed by atoms with E-state index in [9.17, 15) is 24.3 Å². The van der Waals surface area contributed by atoms with Gasteiger partial charge in [-0.1, -0.05) is 115 Å². The van der Waals surface area contributed by atoms with E-state index in [0.717, 1.165) is 16.7 Å². The second-order valence-corrected chi connectivity index (χ2v) is 13.3. The number of aliphatic hydroxyl groups is 1. The molecule has 0 saturated carbocycles. The van der Waals surface area contributed by atoms with Gasteiger partial charge in [-0.15, -0.1) is 0 Å². The fraction of sp³-hybridized carbons (Fsp3) is 0.350. The lowest BCUT2D eigenvalue weighted by molar-refractivity contribution is -0.151. The van der Waals surface area contributed by atoms with Crippen molar-refractivity contribution in [3.05, 3.63) is 132 Å². The lowest BCUT2D eigenvalue weighted by Gasteiger charge is -2.38. The van der Waals surface area contributed by atoms with Crippen LogP contribution in [0.5, 0.6) is 0 Å². The number of cyclic esters (lactones) is 1. The first kappa shape index (κ1) is 33.4. The van der Waals surface area contributed by atoms with Crippen molar-refractivity contribution in [1.82, 2.24) is 15.1 Å². The summed E-state index contributed by atoms with van der Waals surface area (Å²) < 4.78 is 12.4. The SMILES string of the molecule is O=C1CC/C=C\[C@H]2O[C@]34C=CCN(Cc5ccccc5)C(=O)[C@H]3N([C@@H](CO)Cc3ccccc3)C(=O)[C@@H]4[C@H]2C(=O)N[C@H](c2ccccc2)CO1. The summed E-state index contributed by atoms with van der Waals surface area (Å²) >= 11 is 0. The third-order valence-corrected chi connectivity index (χ3v) is 10.2. The summed E-state index contributed by atoms with van der Waals surface area (Å²) in [5, 5.41) is 13.9. The van der Waals surface area contributed by atoms with Crippen LogP contribution in [0.1, 0.15) is 35.6 Å². The van der Waals surface area contributed by atoms with Crippen LogP contribution >= 0.6 is 0 Å². The second-order valence-electron chi connectivity index (χ2n) is 13.3. The maximum Gasteiger partial charge on any atom is 0.306 e. The van der Waals surface area contributed by atoms with Gasteiger partial charge < -0.3 is 29.7 Å². The smallest absolute Gasteiger partial charge is 0.306 e. The molecule has 0 bridgehead atoms. The van der Waals surface area contributed by atoms with E-state index in [-0.39, 0.29) is 31.4 Å². The summed E-state index contributed by atoms with van der Waals surface area (Å²) in [6.07, 6.45) is 7.09. The van der Waals surface area contributed by atoms with Crippen molar-refractivity contribution >= 4 is 23.7 Å². The number of amides is 3. The zero-order chi connectivity index (χ0) is 34.7. The van der Waals surface area contributed by atoms with Crippen LogP contribution in [0.4, 0.5) is 0 Å². The quantitative estimate of drug-likeness (QED) is 0.290. The molecule has 10 nitrogen and oxygen atoms in total. The van der Waals surface area contributed by atoms with Gasteiger partial charge in [-0.25, -0.2) is 0 Å². The zero-order valence-corrected chi connectivity index (χ0v) is 27.7. The summed E-state index contributed by atoms with van der Waals surface area (Å²) in [7, 11) is 0. The van der Waals surface area contributed by atoms with Crippen LogP contribution in [-0.4, -0.2) is 82.1 Å². The number of nitrogens with zero attached hydrogens (tertiary/aromatic N) is 2. The van der Waals surface area contributed by atoms with Crippen LogP contribution in [0.25, 0.3) is 0 Å². The van der Waals surface area contributed by atoms with Crippen molar-refractivity contribution in [1.29, 1.82) is 0 Å². The molecule has 7 atom stereocenters. The predicted molar refractivity (Wildman–Crippen MR) is 184 cm³/mol. The van der Waals surface area contributed by atoms with Gasteiger partial charge in [-0.05, 0) is 29.5 Å². The van der Waals surface area contributed by atoms with Crippen molar-refractivity contribution in [2.75, 3.05) is 19.8 Å². The summed E-state index contributed by atoms with van der Waals surface area (Å²) in [5.74, 6) is -3.65. The highest BCUT2D eigenvalue weighted by molar-refractivity contribution is 6.00. The van der Waals surface area contributed by atoms with Crippen molar-refractivity contribution in [3.63, 3.8) is 0 Å². The number of rotatable bonds is 7. The number of ether oxygens (including phenoxy) is 2. The van der Waals surface area contributed by atoms with Crippen LogP contribution < -0.4 is 5.32 Å². The first-order valence-corrected chi connectivity index (χ1v) is 17.2. The van der Waals surface area contributed by atoms with Crippen LogP contribution in [0.3, 0.4) is 0 Å². The maximum absolute atomic E-state index is 15.0. The molecule has 0 radical (unpaired) electrons. The molecular formula is C40H41N3O7. The fourth-order valence-electron chi connectivity index (χ4n) is 7.90. The molecule has 0 aromatic heterocycles. The van der Waals surface area contributed by atoms with Crippen LogP contribution in [-0.2, 0) is 41.6 Å². The molecule has 50 heavy (non-hydrogen) atoms. The Hall–Kier alpha value is -5.06. The van der Waals surface area contributed by atoms with Crippen LogP contribution in [0, 0.1) is 11.8 Å². The average Bonchev–Trinajstić information content (AvgIpc) is 3.54. The Kier molecular flexibility index (Phi) is 9.65. The van der Waals surface area contributed by atoms with Gasteiger partial charge in [0.1, 0.15) is 18.2 Å². The van der Waals surface area contributed by atoms with Crippen LogP contribution in [0.15, 0.2) is 115 Å². The molecule has 3 aromatic carbocycles. The molecule has 2 fully saturated rings. The molecule has 0 aliphatic carbocycles. The van der Waals surface area contributed by atoms with Gasteiger partial charge in [-0.2, -0.15) is 0 Å². The summed E-state index contributed by atoms with van der Waals surface area (Å²) in [5.41, 5.74) is 1.08. The number of aliphatic hydroxyl groups excluding tert-OH is 1. The van der Waals surface area contributed by atoms with Gasteiger partial charge in [0.2, 0.25) is 17.7 Å². The first-order chi connectivity index (χ1) is 24.4. The number of esters is 1. The Morgan fingerprint density at radius 1 is 0.860 bits per heavy atom. The summed E-state index contributed by atoms with van der Waals surface area (Å²) in [6.45, 7) is 0.119. The largest absolute Gasteiger partial charge is 0.463 e. The highest BCUT2D eigenvalue weighted by Gasteiger charge is 2.72. The highest BCUT2D eigenvalue weighted by Crippen LogP contribution is 2.53. The molecule has 1 spiro atoms. The Morgan fingerprint density at radius 2 is 1.54 bits per heavy atom. The molecule has 0 unspecified atom stereocenters. The third kappa shape index (κ3) is 6.36. The topological polar surface area (TPSA) is 125 Å². The van der Waals surface area contributed by atoms with E-state index in [1.54, 1.807) is 23.1 Å². The number of hydrogen-bond acceptors (Lipinski definition) is 7. The molecule has 4 heterocycles. The lowest BCUT2D eigenvalue weighted by Crippen LogP contribution is -2.58. The van der Waals surface area contributed by atoms with E-state index in [2.05, 4.69) is 5.32 Å². The van der Waals surface area contributed by atoms with E-state index in [1.807, 2.05) is 97.1 Å². The summed E-state index contributed by atoms with van der Waals surface area (Å²) in [6, 6.07) is 25.8. The van der Waals surface area contributed by atoms with E-state index in [1.165, 1.54) is 4.90 Å². The van der Waals surface area contributed by atoms with Gasteiger partial charge in [0.15, 0.2) is 0 Å². The van der Waals surface area contributed by atoms with Crippen molar-refractivity contribution in [2.45, 2.75) is 55.6 Å². The minimum absolute atomic E-state index is 0.0778. The van der Waals surface area contributed by atoms with Gasteiger partial charge >= 0.3 is 5.97 Å². The van der Waals surface area contributed by atoms with Crippen molar-refractivity contribution in [3.8, 4) is 0 Å². The molecule has 7 rings (SSSR count). The molecule has 2 N–H and O–H groups in total. The predicted octanol–water partition coefficient (Wildman–Crippen LogP) is 3.52. The molecule has 4 aliphatic heterocycles. The van der Waals surface area contributed by atoms with Gasteiger partial charge in [0.25, 0.3) is 0 Å². The Balaban J connectivity index is 1.31. The minimum atomic E-state index is -1.49. The lowest BCUT2D eigenvalue weighted by atomic mass is 9.77. The van der Waals surface area contributed by atoms with Gasteiger partial charge in [-0.3, -0.25) is 19.2 Å². The molecule has 258 valence electrons. The number of benzene rings is 3. The monoisotopic (exact) mass is 675 g/mol. The number of carbonyl (C=O) groups excluding carboxylic acids is 4. The maximum atomic E-state index is 15.0. The molecule has 4 aliphatic rings. The molecule has 2 saturated heterocycles. The van der Waals surface area contributed by atoms with Gasteiger partial charge in [0.05, 0.1) is 36.6 Å². The molecule has 3 aromatic rings. The number of carbonyl (C=O) groups is 4. The number of likely N-dealkylation sites (tertiary alicyclic amines) is 1. The number of hydrogen-bond donors (Lipinski definition) is 2. The molecular weight excluding hydrogens is 634 g/mol. The highest BCUT2D eigenvalue weighted by atomic mass is 16.5. The van der Waals surface area contributed by atoms with Gasteiger partial charge in [0, 0.05) is 19.5 Å². The number of allylic oxidation sites excluding steroid dienone is 1. The van der Waals surface area contributed by atoms with E-state index in [4.69, 9.17) is 9.47 Å². The molecule has 3 amide bonds. The average molecular weight is 676 g/mol. The minimum Gasteiger partial charge on any atom is -0.463 e. The summed E-state index contributed by atoms with van der Waals surface area (Å²) in [4.78, 5) is 60.1. The standard InChI is InChI=1S/C40H41N3O7/c44-25-30(23-27-13-4-1-5-14-27)43-36-39(48)42(24-28-15-6-2-7-16-28)22-12-21-40(36)35(38(43)47)34-32(50-40)19-10-11-20-33(45)49-26-31(41-37(34)46)29-17-8-3-9-18-29/h1-10,12-19,21,30-32,34-36,44H,11,20,22-26H2,(H,41,46)/b19-10-/t30-,31+,32-,34+,35+,36-,40+/m1/s1. The van der Waals surface area contributed by atoms with Crippen molar-refractivity contribution in [2.24, 2.45) is 11.8 Å². The van der Waals surface area contributed by atoms with Crippen LogP contribution in [0.2, 0.25) is 0 Å². The molecule has 10 heteroatoms. The first-order valence-electron chi connectivity index (χ1n) is 17.2. The van der Waals surface area contributed by atoms with E-state index >= 15 is 0 Å². The Labute approximate surface area is 291 Å². The third-order valence-electron chi connectivity index (χ3n) is 10.2.